The number of aldehydes is 1. The lowest BCUT2D eigenvalue weighted by Crippen LogP contribution is -2.34. The van der Waals surface area contributed by atoms with Crippen LogP contribution in [0.1, 0.15) is 36.7 Å². The van der Waals surface area contributed by atoms with Gasteiger partial charge in [-0.1, -0.05) is 12.1 Å². The van der Waals surface area contributed by atoms with Crippen molar-refractivity contribution in [2.45, 2.75) is 32.9 Å². The number of ether oxygens (including phenoxy) is 1. The molecule has 1 rings (SSSR count). The van der Waals surface area contributed by atoms with Crippen LogP contribution in [0, 0.1) is 3.57 Å². The number of benzene rings is 1. The molecule has 1 aromatic rings. The van der Waals surface area contributed by atoms with E-state index in [1.54, 1.807) is 19.2 Å². The highest BCUT2D eigenvalue weighted by atomic mass is 127. The van der Waals surface area contributed by atoms with Gasteiger partial charge in [-0.2, -0.15) is 0 Å². The average Bonchev–Trinajstić information content (AvgIpc) is 2.29. The number of rotatable bonds is 3. The molecule has 0 N–H and O–H groups in total. The minimum absolute atomic E-state index is 0.359. The van der Waals surface area contributed by atoms with E-state index >= 15 is 0 Å². The molecule has 0 spiro atoms. The Morgan fingerprint density at radius 3 is 2.53 bits per heavy atom. The maximum Gasteiger partial charge on any atom is 0.410 e. The molecule has 0 radical (unpaired) electrons. The maximum absolute atomic E-state index is 11.8. The lowest BCUT2D eigenvalue weighted by molar-refractivity contribution is 0.0284. The Morgan fingerprint density at radius 2 is 2.05 bits per heavy atom. The summed E-state index contributed by atoms with van der Waals surface area (Å²) in [6.45, 7) is 5.95. The average molecular weight is 375 g/mol. The van der Waals surface area contributed by atoms with Gasteiger partial charge in [-0.05, 0) is 55.0 Å². The maximum atomic E-state index is 11.8. The standard InChI is InChI=1S/C14H18INO3/c1-14(2,3)19-13(18)16(4)8-11-6-5-10(9-17)7-12(11)15/h5-7,9H,8H2,1-4H3. The summed E-state index contributed by atoms with van der Waals surface area (Å²) < 4.78 is 6.24. The third-order valence-electron chi connectivity index (χ3n) is 2.33. The van der Waals surface area contributed by atoms with E-state index in [1.807, 2.05) is 26.8 Å². The van der Waals surface area contributed by atoms with E-state index in [4.69, 9.17) is 4.74 Å². The smallest absolute Gasteiger partial charge is 0.410 e. The third kappa shape index (κ3) is 5.18. The highest BCUT2D eigenvalue weighted by Crippen LogP contribution is 2.17. The monoisotopic (exact) mass is 375 g/mol. The van der Waals surface area contributed by atoms with Gasteiger partial charge >= 0.3 is 6.09 Å². The SMILES string of the molecule is CN(Cc1ccc(C=O)cc1I)C(=O)OC(C)(C)C. The van der Waals surface area contributed by atoms with Crippen molar-refractivity contribution in [1.29, 1.82) is 0 Å². The molecule has 0 aliphatic rings. The van der Waals surface area contributed by atoms with E-state index in [0.29, 0.717) is 12.1 Å². The van der Waals surface area contributed by atoms with Crippen LogP contribution in [0.2, 0.25) is 0 Å². The molecule has 1 aromatic carbocycles. The van der Waals surface area contributed by atoms with E-state index in [-0.39, 0.29) is 6.09 Å². The second-order valence-corrected chi connectivity index (χ2v) is 6.47. The van der Waals surface area contributed by atoms with Crippen molar-refractivity contribution in [2.24, 2.45) is 0 Å². The molecule has 0 saturated heterocycles. The highest BCUT2D eigenvalue weighted by molar-refractivity contribution is 14.1. The van der Waals surface area contributed by atoms with Gasteiger partial charge in [0.05, 0.1) is 0 Å². The molecule has 5 heteroatoms. The number of carbonyl (C=O) groups excluding carboxylic acids is 2. The van der Waals surface area contributed by atoms with Crippen molar-refractivity contribution in [3.8, 4) is 0 Å². The Hall–Kier alpha value is -1.11. The van der Waals surface area contributed by atoms with Crippen molar-refractivity contribution in [3.63, 3.8) is 0 Å². The number of hydrogen-bond acceptors (Lipinski definition) is 3. The molecule has 19 heavy (non-hydrogen) atoms. The number of carbonyl (C=O) groups is 2. The summed E-state index contributed by atoms with van der Waals surface area (Å²) >= 11 is 2.16. The van der Waals surface area contributed by atoms with Crippen LogP contribution in [0.25, 0.3) is 0 Å². The Bertz CT molecular complexity index is 480. The van der Waals surface area contributed by atoms with Crippen LogP contribution in [0.3, 0.4) is 0 Å². The van der Waals surface area contributed by atoms with Gasteiger partial charge in [0, 0.05) is 22.7 Å². The van der Waals surface area contributed by atoms with Crippen LogP contribution < -0.4 is 0 Å². The predicted octanol–water partition coefficient (Wildman–Crippen LogP) is 3.47. The quantitative estimate of drug-likeness (QED) is 0.601. The molecule has 0 fully saturated rings. The van der Waals surface area contributed by atoms with Gasteiger partial charge in [-0.3, -0.25) is 4.79 Å². The summed E-state index contributed by atoms with van der Waals surface area (Å²) in [6, 6.07) is 5.39. The fourth-order valence-corrected chi connectivity index (χ4v) is 2.13. The minimum Gasteiger partial charge on any atom is -0.444 e. The van der Waals surface area contributed by atoms with Crippen LogP contribution in [-0.4, -0.2) is 29.9 Å². The van der Waals surface area contributed by atoms with Gasteiger partial charge in [0.15, 0.2) is 0 Å². The summed E-state index contributed by atoms with van der Waals surface area (Å²) in [5.41, 5.74) is 1.12. The number of halogens is 1. The largest absolute Gasteiger partial charge is 0.444 e. The molecule has 0 aliphatic carbocycles. The van der Waals surface area contributed by atoms with Crippen LogP contribution in [0.4, 0.5) is 4.79 Å². The highest BCUT2D eigenvalue weighted by Gasteiger charge is 2.20. The molecule has 0 aliphatic heterocycles. The first-order valence-corrected chi connectivity index (χ1v) is 6.98. The van der Waals surface area contributed by atoms with Crippen molar-refractivity contribution in [3.05, 3.63) is 32.9 Å². The molecular formula is C14H18INO3. The minimum atomic E-state index is -0.500. The summed E-state index contributed by atoms with van der Waals surface area (Å²) in [6.07, 6.45) is 0.450. The van der Waals surface area contributed by atoms with E-state index in [1.165, 1.54) is 4.90 Å². The summed E-state index contributed by atoms with van der Waals surface area (Å²) in [5, 5.41) is 0. The number of amides is 1. The molecule has 0 heterocycles. The van der Waals surface area contributed by atoms with Crippen molar-refractivity contribution in [2.75, 3.05) is 7.05 Å². The third-order valence-corrected chi connectivity index (χ3v) is 3.33. The molecule has 0 aromatic heterocycles. The van der Waals surface area contributed by atoms with Gasteiger partial charge in [0.25, 0.3) is 0 Å². The summed E-state index contributed by atoms with van der Waals surface area (Å²) in [4.78, 5) is 24.0. The molecule has 1 amide bonds. The lowest BCUT2D eigenvalue weighted by atomic mass is 10.1. The molecule has 0 atom stereocenters. The van der Waals surface area contributed by atoms with Crippen LogP contribution >= 0.6 is 22.6 Å². The molecule has 0 bridgehead atoms. The molecule has 104 valence electrons. The first kappa shape index (κ1) is 15.9. The Kier molecular flexibility index (Phi) is 5.34. The fraction of sp³-hybridized carbons (Fsp3) is 0.429. The zero-order valence-corrected chi connectivity index (χ0v) is 13.7. The van der Waals surface area contributed by atoms with Crippen molar-refractivity contribution >= 4 is 35.0 Å². The zero-order chi connectivity index (χ0) is 14.6. The van der Waals surface area contributed by atoms with Gasteiger partial charge in [-0.15, -0.1) is 0 Å². The molecule has 0 unspecified atom stereocenters. The van der Waals surface area contributed by atoms with Crippen molar-refractivity contribution < 1.29 is 14.3 Å². The summed E-state index contributed by atoms with van der Waals surface area (Å²) in [5.74, 6) is 0. The van der Waals surface area contributed by atoms with Gasteiger partial charge in [0.1, 0.15) is 11.9 Å². The zero-order valence-electron chi connectivity index (χ0n) is 11.6. The first-order chi connectivity index (χ1) is 8.73. The van der Waals surface area contributed by atoms with Crippen LogP contribution in [0.15, 0.2) is 18.2 Å². The topological polar surface area (TPSA) is 46.6 Å². The van der Waals surface area contributed by atoms with Gasteiger partial charge in [0.2, 0.25) is 0 Å². The Morgan fingerprint density at radius 1 is 1.42 bits per heavy atom. The normalized spacial score (nSPS) is 11.0. The van der Waals surface area contributed by atoms with Crippen molar-refractivity contribution in [1.82, 2.24) is 4.90 Å². The number of hydrogen-bond donors (Lipinski definition) is 0. The van der Waals surface area contributed by atoms with E-state index in [9.17, 15) is 9.59 Å². The molecule has 0 saturated carbocycles. The molecule has 4 nitrogen and oxygen atoms in total. The van der Waals surface area contributed by atoms with E-state index in [0.717, 1.165) is 15.4 Å². The Balaban J connectivity index is 2.74. The summed E-state index contributed by atoms with van der Waals surface area (Å²) in [7, 11) is 1.69. The number of nitrogens with zero attached hydrogens (tertiary/aromatic N) is 1. The Labute approximate surface area is 127 Å². The van der Waals surface area contributed by atoms with E-state index in [2.05, 4.69) is 22.6 Å². The van der Waals surface area contributed by atoms with Gasteiger partial charge in [-0.25, -0.2) is 4.79 Å². The first-order valence-electron chi connectivity index (χ1n) is 5.90. The predicted molar refractivity (Wildman–Crippen MR) is 82.2 cm³/mol. The van der Waals surface area contributed by atoms with E-state index < -0.39 is 5.60 Å². The second-order valence-electron chi connectivity index (χ2n) is 5.31. The second kappa shape index (κ2) is 6.36. The fourth-order valence-electron chi connectivity index (χ4n) is 1.43. The van der Waals surface area contributed by atoms with Crippen LogP contribution in [0.5, 0.6) is 0 Å². The lowest BCUT2D eigenvalue weighted by Gasteiger charge is -2.25. The van der Waals surface area contributed by atoms with Crippen LogP contribution in [-0.2, 0) is 11.3 Å². The van der Waals surface area contributed by atoms with Gasteiger partial charge < -0.3 is 9.64 Å². The molecular weight excluding hydrogens is 357 g/mol.